The molecule has 0 aliphatic heterocycles. The van der Waals surface area contributed by atoms with Crippen molar-refractivity contribution in [3.63, 3.8) is 0 Å². The number of amides is 1. The van der Waals surface area contributed by atoms with Gasteiger partial charge in [-0.25, -0.2) is 9.37 Å². The number of carbonyl (C=O) groups excluding carboxylic acids is 1. The lowest BCUT2D eigenvalue weighted by Crippen LogP contribution is -2.16. The molecule has 23 heavy (non-hydrogen) atoms. The number of hydrogen-bond acceptors (Lipinski definition) is 4. The summed E-state index contributed by atoms with van der Waals surface area (Å²) < 4.78 is 19.4. The van der Waals surface area contributed by atoms with Crippen LogP contribution < -0.4 is 5.32 Å². The van der Waals surface area contributed by atoms with Gasteiger partial charge in [0.1, 0.15) is 5.76 Å². The number of benzene rings is 1. The van der Waals surface area contributed by atoms with Crippen molar-refractivity contribution in [3.05, 3.63) is 58.0 Å². The summed E-state index contributed by atoms with van der Waals surface area (Å²) in [4.78, 5) is 17.3. The van der Waals surface area contributed by atoms with Gasteiger partial charge in [0.05, 0.1) is 27.7 Å². The van der Waals surface area contributed by atoms with Crippen molar-refractivity contribution in [2.45, 2.75) is 13.3 Å². The van der Waals surface area contributed by atoms with Crippen LogP contribution in [0, 0.1) is 12.7 Å². The molecule has 0 fully saturated rings. The standard InChI is InChI=1S/C16H12ClFN2O2S/c1-9-12(20-16(22-9)13-6-3-7-23-13)8-14(21)19-11-5-2-4-10(17)15(11)18/h2-7H,8H2,1H3,(H,19,21). The lowest BCUT2D eigenvalue weighted by Gasteiger charge is -2.06. The first-order valence-electron chi connectivity index (χ1n) is 6.78. The fourth-order valence-electron chi connectivity index (χ4n) is 2.04. The fraction of sp³-hybridized carbons (Fsp3) is 0.125. The largest absolute Gasteiger partial charge is 0.440 e. The Labute approximate surface area is 140 Å². The number of nitrogens with zero attached hydrogens (tertiary/aromatic N) is 1. The molecule has 0 unspecified atom stereocenters. The summed E-state index contributed by atoms with van der Waals surface area (Å²) in [5.74, 6) is 0.00307. The van der Waals surface area contributed by atoms with E-state index in [1.807, 2.05) is 17.5 Å². The molecule has 1 N–H and O–H groups in total. The average Bonchev–Trinajstić information content (AvgIpc) is 3.14. The number of halogens is 2. The zero-order valence-electron chi connectivity index (χ0n) is 12.1. The summed E-state index contributed by atoms with van der Waals surface area (Å²) in [6.07, 6.45) is -0.00728. The van der Waals surface area contributed by atoms with Gasteiger partial charge in [-0.15, -0.1) is 11.3 Å². The van der Waals surface area contributed by atoms with E-state index in [9.17, 15) is 9.18 Å². The number of aryl methyl sites for hydroxylation is 1. The van der Waals surface area contributed by atoms with Crippen molar-refractivity contribution in [3.8, 4) is 10.8 Å². The summed E-state index contributed by atoms with van der Waals surface area (Å²) in [5.41, 5.74) is 0.565. The first-order valence-corrected chi connectivity index (χ1v) is 8.04. The molecule has 3 aromatic rings. The molecule has 0 spiro atoms. The predicted molar refractivity (Wildman–Crippen MR) is 88.3 cm³/mol. The highest BCUT2D eigenvalue weighted by Gasteiger charge is 2.16. The molecule has 4 nitrogen and oxygen atoms in total. The Morgan fingerprint density at radius 3 is 2.96 bits per heavy atom. The molecule has 0 radical (unpaired) electrons. The number of anilines is 1. The lowest BCUT2D eigenvalue weighted by atomic mass is 10.2. The van der Waals surface area contributed by atoms with Gasteiger partial charge >= 0.3 is 0 Å². The lowest BCUT2D eigenvalue weighted by molar-refractivity contribution is -0.115. The minimum absolute atomic E-state index is 0.00728. The van der Waals surface area contributed by atoms with Gasteiger partial charge < -0.3 is 9.73 Å². The minimum atomic E-state index is -0.654. The Morgan fingerprint density at radius 2 is 2.22 bits per heavy atom. The van der Waals surface area contributed by atoms with Crippen LogP contribution in [0.5, 0.6) is 0 Å². The Balaban J connectivity index is 1.74. The maximum atomic E-state index is 13.8. The van der Waals surface area contributed by atoms with Crippen LogP contribution >= 0.6 is 22.9 Å². The van der Waals surface area contributed by atoms with E-state index in [4.69, 9.17) is 16.0 Å². The molecule has 0 saturated heterocycles. The van der Waals surface area contributed by atoms with Gasteiger partial charge in [-0.2, -0.15) is 0 Å². The quantitative estimate of drug-likeness (QED) is 0.743. The second kappa shape index (κ2) is 6.52. The summed E-state index contributed by atoms with van der Waals surface area (Å²) in [6, 6.07) is 8.22. The summed E-state index contributed by atoms with van der Waals surface area (Å²) >= 11 is 7.19. The molecule has 0 atom stereocenters. The van der Waals surface area contributed by atoms with E-state index in [1.54, 1.807) is 13.0 Å². The van der Waals surface area contributed by atoms with Crippen LogP contribution in [0.3, 0.4) is 0 Å². The van der Waals surface area contributed by atoms with Crippen molar-refractivity contribution in [2.75, 3.05) is 5.32 Å². The van der Waals surface area contributed by atoms with E-state index in [-0.39, 0.29) is 23.0 Å². The van der Waals surface area contributed by atoms with Gasteiger partial charge in [0.2, 0.25) is 11.8 Å². The molecule has 118 valence electrons. The van der Waals surface area contributed by atoms with Crippen LogP contribution in [-0.4, -0.2) is 10.9 Å². The van der Waals surface area contributed by atoms with Crippen molar-refractivity contribution >= 4 is 34.5 Å². The first kappa shape index (κ1) is 15.7. The maximum Gasteiger partial charge on any atom is 0.236 e. The van der Waals surface area contributed by atoms with E-state index in [0.29, 0.717) is 17.3 Å². The van der Waals surface area contributed by atoms with Crippen LogP contribution in [-0.2, 0) is 11.2 Å². The van der Waals surface area contributed by atoms with E-state index < -0.39 is 5.82 Å². The Bertz CT molecular complexity index is 846. The van der Waals surface area contributed by atoms with Gasteiger partial charge in [0, 0.05) is 0 Å². The molecule has 0 bridgehead atoms. The van der Waals surface area contributed by atoms with Gasteiger partial charge in [-0.1, -0.05) is 23.7 Å². The highest BCUT2D eigenvalue weighted by Crippen LogP contribution is 2.26. The molecule has 1 amide bonds. The Morgan fingerprint density at radius 1 is 1.39 bits per heavy atom. The number of hydrogen-bond donors (Lipinski definition) is 1. The molecule has 0 aliphatic carbocycles. The van der Waals surface area contributed by atoms with Crippen molar-refractivity contribution in [2.24, 2.45) is 0 Å². The molecule has 7 heteroatoms. The summed E-state index contributed by atoms with van der Waals surface area (Å²) in [5, 5.41) is 4.37. The molecular formula is C16H12ClFN2O2S. The smallest absolute Gasteiger partial charge is 0.236 e. The normalized spacial score (nSPS) is 10.7. The van der Waals surface area contributed by atoms with Crippen LogP contribution in [0.15, 0.2) is 40.1 Å². The van der Waals surface area contributed by atoms with Gasteiger partial charge in [-0.05, 0) is 30.5 Å². The highest BCUT2D eigenvalue weighted by molar-refractivity contribution is 7.13. The molecule has 1 aromatic carbocycles. The summed E-state index contributed by atoms with van der Waals surface area (Å²) in [6.45, 7) is 1.74. The number of thiophene rings is 1. The number of aromatic nitrogens is 1. The van der Waals surface area contributed by atoms with Crippen molar-refractivity contribution in [1.29, 1.82) is 0 Å². The minimum Gasteiger partial charge on any atom is -0.440 e. The van der Waals surface area contributed by atoms with Gasteiger partial charge in [0.15, 0.2) is 5.82 Å². The molecule has 2 heterocycles. The zero-order valence-corrected chi connectivity index (χ0v) is 13.7. The number of oxazole rings is 1. The molecule has 0 aliphatic rings. The zero-order chi connectivity index (χ0) is 16.4. The van der Waals surface area contributed by atoms with Crippen LogP contribution in [0.4, 0.5) is 10.1 Å². The fourth-order valence-corrected chi connectivity index (χ4v) is 2.87. The summed E-state index contributed by atoms with van der Waals surface area (Å²) in [7, 11) is 0. The Hall–Kier alpha value is -2.18. The molecule has 0 saturated carbocycles. The number of rotatable bonds is 4. The third-order valence-electron chi connectivity index (χ3n) is 3.18. The second-order valence-electron chi connectivity index (χ2n) is 4.83. The molecule has 2 aromatic heterocycles. The van der Waals surface area contributed by atoms with Gasteiger partial charge in [0.25, 0.3) is 0 Å². The monoisotopic (exact) mass is 350 g/mol. The highest BCUT2D eigenvalue weighted by atomic mass is 35.5. The molecule has 3 rings (SSSR count). The predicted octanol–water partition coefficient (Wildman–Crippen LogP) is 4.69. The first-order chi connectivity index (χ1) is 11.0. The molecular weight excluding hydrogens is 339 g/mol. The Kier molecular flexibility index (Phi) is 4.45. The average molecular weight is 351 g/mol. The van der Waals surface area contributed by atoms with E-state index >= 15 is 0 Å². The van der Waals surface area contributed by atoms with Gasteiger partial charge in [-0.3, -0.25) is 4.79 Å². The number of carbonyl (C=O) groups is 1. The SMILES string of the molecule is Cc1oc(-c2cccs2)nc1CC(=O)Nc1cccc(Cl)c1F. The van der Waals surface area contributed by atoms with Crippen molar-refractivity contribution in [1.82, 2.24) is 4.98 Å². The maximum absolute atomic E-state index is 13.8. The van der Waals surface area contributed by atoms with Crippen molar-refractivity contribution < 1.29 is 13.6 Å². The van der Waals surface area contributed by atoms with E-state index in [1.165, 1.54) is 23.5 Å². The topological polar surface area (TPSA) is 55.1 Å². The van der Waals surface area contributed by atoms with Crippen LogP contribution in [0.2, 0.25) is 5.02 Å². The van der Waals surface area contributed by atoms with E-state index in [2.05, 4.69) is 10.3 Å². The van der Waals surface area contributed by atoms with Crippen LogP contribution in [0.25, 0.3) is 10.8 Å². The second-order valence-corrected chi connectivity index (χ2v) is 6.18. The third kappa shape index (κ3) is 3.43. The third-order valence-corrected chi connectivity index (χ3v) is 4.33. The van der Waals surface area contributed by atoms with E-state index in [0.717, 1.165) is 4.88 Å². The van der Waals surface area contributed by atoms with Crippen LogP contribution in [0.1, 0.15) is 11.5 Å². The number of nitrogens with one attached hydrogen (secondary N) is 1.